The Kier molecular flexibility index (Phi) is 3.55. The zero-order valence-corrected chi connectivity index (χ0v) is 9.68. The Bertz CT molecular complexity index is 284. The minimum atomic E-state index is -3.22. The molecule has 0 aliphatic carbocycles. The van der Waals surface area contributed by atoms with Crippen molar-refractivity contribution < 1.29 is 13.5 Å². The predicted molar refractivity (Wildman–Crippen MR) is 55.5 cm³/mol. The summed E-state index contributed by atoms with van der Waals surface area (Å²) in [5.41, 5.74) is 0.0702. The molecule has 0 saturated carbocycles. The molecule has 1 heterocycles. The van der Waals surface area contributed by atoms with Crippen LogP contribution in [-0.2, 0) is 10.0 Å². The summed E-state index contributed by atoms with van der Waals surface area (Å²) in [4.78, 5) is 0. The lowest BCUT2D eigenvalue weighted by Gasteiger charge is -2.37. The van der Waals surface area contributed by atoms with Gasteiger partial charge in [-0.15, -0.1) is 0 Å². The number of rotatable bonds is 3. The normalized spacial score (nSPS) is 23.6. The van der Waals surface area contributed by atoms with Crippen molar-refractivity contribution in [2.24, 2.45) is 5.41 Å². The van der Waals surface area contributed by atoms with Gasteiger partial charge < -0.3 is 5.11 Å². The largest absolute Gasteiger partial charge is 0.395 e. The monoisotopic (exact) mass is 221 g/mol. The third kappa shape index (κ3) is 2.93. The Morgan fingerprint density at radius 1 is 1.43 bits per heavy atom. The lowest BCUT2D eigenvalue weighted by Crippen LogP contribution is -2.44. The van der Waals surface area contributed by atoms with E-state index in [9.17, 15) is 8.42 Å². The van der Waals surface area contributed by atoms with Crippen LogP contribution in [0.1, 0.15) is 26.7 Å². The van der Waals surface area contributed by atoms with E-state index < -0.39 is 10.0 Å². The zero-order chi connectivity index (χ0) is 10.8. The first-order valence-corrected chi connectivity index (χ1v) is 6.57. The molecule has 5 heteroatoms. The molecule has 84 valence electrons. The second-order valence-corrected chi connectivity index (χ2v) is 6.73. The molecule has 0 spiro atoms. The molecule has 4 nitrogen and oxygen atoms in total. The van der Waals surface area contributed by atoms with Gasteiger partial charge in [-0.05, 0) is 18.3 Å². The molecule has 1 saturated heterocycles. The van der Waals surface area contributed by atoms with Gasteiger partial charge in [0, 0.05) is 13.1 Å². The fourth-order valence-corrected chi connectivity index (χ4v) is 3.29. The van der Waals surface area contributed by atoms with E-state index in [1.165, 1.54) is 4.31 Å². The summed E-state index contributed by atoms with van der Waals surface area (Å²) >= 11 is 0. The summed E-state index contributed by atoms with van der Waals surface area (Å²) in [5.74, 6) is -0.150. The maximum Gasteiger partial charge on any atom is 0.216 e. The van der Waals surface area contributed by atoms with E-state index in [0.29, 0.717) is 13.1 Å². The van der Waals surface area contributed by atoms with E-state index >= 15 is 0 Å². The number of hydrogen-bond donors (Lipinski definition) is 1. The minimum absolute atomic E-state index is 0.0702. The second-order valence-electron chi connectivity index (χ2n) is 4.64. The van der Waals surface area contributed by atoms with E-state index in [1.54, 1.807) is 0 Å². The van der Waals surface area contributed by atoms with Gasteiger partial charge in [0.15, 0.2) is 0 Å². The molecule has 0 aromatic heterocycles. The minimum Gasteiger partial charge on any atom is -0.395 e. The van der Waals surface area contributed by atoms with Gasteiger partial charge in [0.2, 0.25) is 10.0 Å². The first-order valence-electron chi connectivity index (χ1n) is 4.96. The van der Waals surface area contributed by atoms with Crippen LogP contribution >= 0.6 is 0 Å². The summed E-state index contributed by atoms with van der Waals surface area (Å²) in [5, 5.41) is 8.66. The molecule has 0 unspecified atom stereocenters. The van der Waals surface area contributed by atoms with Crippen LogP contribution in [0.3, 0.4) is 0 Å². The van der Waals surface area contributed by atoms with Crippen molar-refractivity contribution in [2.45, 2.75) is 26.7 Å². The van der Waals surface area contributed by atoms with Crippen molar-refractivity contribution in [3.05, 3.63) is 0 Å². The van der Waals surface area contributed by atoms with Crippen molar-refractivity contribution >= 4 is 10.0 Å². The molecule has 1 rings (SSSR count). The molecule has 1 N–H and O–H groups in total. The van der Waals surface area contributed by atoms with Crippen LogP contribution in [0.2, 0.25) is 0 Å². The van der Waals surface area contributed by atoms with E-state index in [0.717, 1.165) is 12.8 Å². The molecular weight excluding hydrogens is 202 g/mol. The van der Waals surface area contributed by atoms with Crippen molar-refractivity contribution in [3.8, 4) is 0 Å². The molecule has 0 aromatic carbocycles. The predicted octanol–water partition coefficient (Wildman–Crippen LogP) is 0.430. The fraction of sp³-hybridized carbons (Fsp3) is 1.00. The Labute approximate surface area is 86.0 Å². The first kappa shape index (κ1) is 11.9. The van der Waals surface area contributed by atoms with Gasteiger partial charge >= 0.3 is 0 Å². The van der Waals surface area contributed by atoms with E-state index in [2.05, 4.69) is 13.8 Å². The van der Waals surface area contributed by atoms with Gasteiger partial charge in [-0.2, -0.15) is 0 Å². The van der Waals surface area contributed by atoms with Crippen molar-refractivity contribution in [3.63, 3.8) is 0 Å². The number of sulfonamides is 1. The third-order valence-electron chi connectivity index (χ3n) is 2.61. The third-order valence-corrected chi connectivity index (χ3v) is 4.41. The topological polar surface area (TPSA) is 57.6 Å². The van der Waals surface area contributed by atoms with Crippen LogP contribution in [0.4, 0.5) is 0 Å². The number of aliphatic hydroxyl groups is 1. The highest BCUT2D eigenvalue weighted by Crippen LogP contribution is 2.29. The van der Waals surface area contributed by atoms with Crippen molar-refractivity contribution in [2.75, 3.05) is 25.4 Å². The highest BCUT2D eigenvalue weighted by Gasteiger charge is 2.32. The van der Waals surface area contributed by atoms with Crippen molar-refractivity contribution in [1.29, 1.82) is 0 Å². The van der Waals surface area contributed by atoms with Crippen LogP contribution in [0.25, 0.3) is 0 Å². The summed E-state index contributed by atoms with van der Waals surface area (Å²) in [7, 11) is -3.22. The maximum absolute atomic E-state index is 11.6. The second kappa shape index (κ2) is 4.16. The molecule has 0 radical (unpaired) electrons. The molecule has 14 heavy (non-hydrogen) atoms. The Morgan fingerprint density at radius 3 is 2.57 bits per heavy atom. The SMILES string of the molecule is CC1(C)CCCN(S(=O)(=O)CCO)C1. The lowest BCUT2D eigenvalue weighted by atomic mass is 9.85. The molecular formula is C9H19NO3S. The smallest absolute Gasteiger partial charge is 0.216 e. The molecule has 0 aromatic rings. The highest BCUT2D eigenvalue weighted by molar-refractivity contribution is 7.89. The van der Waals surface area contributed by atoms with Gasteiger partial charge in [0.05, 0.1) is 12.4 Å². The van der Waals surface area contributed by atoms with Crippen LogP contribution in [0.5, 0.6) is 0 Å². The molecule has 0 atom stereocenters. The number of nitrogens with zero attached hydrogens (tertiary/aromatic N) is 1. The first-order chi connectivity index (χ1) is 6.37. The van der Waals surface area contributed by atoms with Gasteiger partial charge in [-0.25, -0.2) is 12.7 Å². The van der Waals surface area contributed by atoms with Gasteiger partial charge in [-0.3, -0.25) is 0 Å². The number of piperidine rings is 1. The maximum atomic E-state index is 11.6. The summed E-state index contributed by atoms with van der Waals surface area (Å²) in [6.45, 7) is 5.04. The molecule has 1 aliphatic heterocycles. The van der Waals surface area contributed by atoms with E-state index in [1.807, 2.05) is 0 Å². The molecule has 1 fully saturated rings. The Morgan fingerprint density at radius 2 is 2.07 bits per heavy atom. The van der Waals surface area contributed by atoms with Gasteiger partial charge in [0.1, 0.15) is 0 Å². The van der Waals surface area contributed by atoms with E-state index in [-0.39, 0.29) is 17.8 Å². The average Bonchev–Trinajstić information content (AvgIpc) is 2.02. The zero-order valence-electron chi connectivity index (χ0n) is 8.86. The standard InChI is InChI=1S/C9H19NO3S/c1-9(2)4-3-5-10(8-9)14(12,13)7-6-11/h11H,3-8H2,1-2H3. The van der Waals surface area contributed by atoms with Crippen LogP contribution in [-0.4, -0.2) is 43.3 Å². The van der Waals surface area contributed by atoms with Crippen LogP contribution in [0.15, 0.2) is 0 Å². The Balaban J connectivity index is 2.69. The molecule has 1 aliphatic rings. The quantitative estimate of drug-likeness (QED) is 0.752. The summed E-state index contributed by atoms with van der Waals surface area (Å²) in [6.07, 6.45) is 1.98. The van der Waals surface area contributed by atoms with Gasteiger partial charge in [0.25, 0.3) is 0 Å². The molecule has 0 bridgehead atoms. The van der Waals surface area contributed by atoms with Crippen LogP contribution in [0, 0.1) is 5.41 Å². The number of aliphatic hydroxyl groups excluding tert-OH is 1. The highest BCUT2D eigenvalue weighted by atomic mass is 32.2. The van der Waals surface area contributed by atoms with Crippen LogP contribution < -0.4 is 0 Å². The van der Waals surface area contributed by atoms with E-state index in [4.69, 9.17) is 5.11 Å². The lowest BCUT2D eigenvalue weighted by molar-refractivity contribution is 0.185. The van der Waals surface area contributed by atoms with Crippen molar-refractivity contribution in [1.82, 2.24) is 4.31 Å². The summed E-state index contributed by atoms with van der Waals surface area (Å²) in [6, 6.07) is 0. The molecule has 0 amide bonds. The number of hydrogen-bond acceptors (Lipinski definition) is 3. The summed E-state index contributed by atoms with van der Waals surface area (Å²) < 4.78 is 24.8. The van der Waals surface area contributed by atoms with Gasteiger partial charge in [-0.1, -0.05) is 13.8 Å². The average molecular weight is 221 g/mol. The fourth-order valence-electron chi connectivity index (χ4n) is 1.85. The Hall–Kier alpha value is -0.130.